The van der Waals surface area contributed by atoms with Crippen LogP contribution in [0.25, 0.3) is 0 Å². The maximum Gasteiger partial charge on any atom is 0.191 e. The van der Waals surface area contributed by atoms with Crippen LogP contribution in [-0.2, 0) is 17.3 Å². The summed E-state index contributed by atoms with van der Waals surface area (Å²) in [5.41, 5.74) is 0. The van der Waals surface area contributed by atoms with Crippen LogP contribution in [-0.4, -0.2) is 34.3 Å². The van der Waals surface area contributed by atoms with Gasteiger partial charge in [-0.2, -0.15) is 0 Å². The highest BCUT2D eigenvalue weighted by atomic mass is 127. The predicted molar refractivity (Wildman–Crippen MR) is 113 cm³/mol. The summed E-state index contributed by atoms with van der Waals surface area (Å²) in [7, 11) is 1.12. The van der Waals surface area contributed by atoms with E-state index in [9.17, 15) is 4.21 Å². The molecule has 3 unspecified atom stereocenters. The first-order valence-electron chi connectivity index (χ1n) is 8.02. The number of thiophene rings is 1. The third-order valence-corrected chi connectivity index (χ3v) is 6.81. The summed E-state index contributed by atoms with van der Waals surface area (Å²) >= 11 is 1.81. The van der Waals surface area contributed by atoms with Crippen LogP contribution in [0.4, 0.5) is 0 Å². The van der Waals surface area contributed by atoms with Gasteiger partial charge in [0.25, 0.3) is 0 Å². The second-order valence-corrected chi connectivity index (χ2v) is 9.12. The number of hydrogen-bond donors (Lipinski definition) is 2. The summed E-state index contributed by atoms with van der Waals surface area (Å²) in [5.74, 6) is 1.61. The Morgan fingerprint density at radius 2 is 2.22 bits per heavy atom. The van der Waals surface area contributed by atoms with Crippen LogP contribution in [0.15, 0.2) is 17.1 Å². The molecule has 1 saturated carbocycles. The molecule has 0 aromatic carbocycles. The highest BCUT2D eigenvalue weighted by Gasteiger charge is 2.25. The first-order valence-corrected chi connectivity index (χ1v) is 10.2. The fourth-order valence-electron chi connectivity index (χ4n) is 2.89. The van der Waals surface area contributed by atoms with Gasteiger partial charge >= 0.3 is 0 Å². The predicted octanol–water partition coefficient (Wildman–Crippen LogP) is 3.42. The van der Waals surface area contributed by atoms with Gasteiger partial charge in [-0.1, -0.05) is 13.3 Å². The average Bonchev–Trinajstić information content (AvgIpc) is 2.96. The zero-order valence-electron chi connectivity index (χ0n) is 14.1. The summed E-state index contributed by atoms with van der Waals surface area (Å²) in [6.45, 7) is 4.93. The van der Waals surface area contributed by atoms with E-state index in [1.165, 1.54) is 9.75 Å². The van der Waals surface area contributed by atoms with Crippen LogP contribution in [0, 0.1) is 6.92 Å². The molecule has 3 atom stereocenters. The van der Waals surface area contributed by atoms with Gasteiger partial charge in [-0.25, -0.2) is 0 Å². The highest BCUT2D eigenvalue weighted by molar-refractivity contribution is 14.0. The Bertz CT molecular complexity index is 533. The second kappa shape index (κ2) is 10.7. The largest absolute Gasteiger partial charge is 0.354 e. The molecular weight excluding hydrogens is 441 g/mol. The minimum atomic E-state index is -0.680. The Balaban J connectivity index is 0.00000264. The third-order valence-electron chi connectivity index (χ3n) is 4.07. The van der Waals surface area contributed by atoms with E-state index in [4.69, 9.17) is 0 Å². The van der Waals surface area contributed by atoms with Crippen molar-refractivity contribution in [2.45, 2.75) is 57.4 Å². The molecule has 7 heteroatoms. The van der Waals surface area contributed by atoms with Crippen LogP contribution < -0.4 is 10.6 Å². The molecule has 0 amide bonds. The van der Waals surface area contributed by atoms with Gasteiger partial charge in [0.2, 0.25) is 0 Å². The van der Waals surface area contributed by atoms with E-state index < -0.39 is 10.8 Å². The first kappa shape index (κ1) is 20.9. The summed E-state index contributed by atoms with van der Waals surface area (Å²) in [6, 6.07) is 4.68. The van der Waals surface area contributed by atoms with Crippen molar-refractivity contribution in [2.75, 3.05) is 12.8 Å². The van der Waals surface area contributed by atoms with Gasteiger partial charge in [0, 0.05) is 44.6 Å². The number of aryl methyl sites for hydroxylation is 1. The first-order chi connectivity index (χ1) is 10.6. The quantitative estimate of drug-likeness (QED) is 0.395. The molecule has 0 saturated heterocycles. The van der Waals surface area contributed by atoms with E-state index in [0.717, 1.165) is 43.9 Å². The Hall–Kier alpha value is -0.150. The molecule has 0 spiro atoms. The lowest BCUT2D eigenvalue weighted by atomic mass is 9.95. The number of guanidine groups is 1. The Morgan fingerprint density at radius 3 is 2.83 bits per heavy atom. The van der Waals surface area contributed by atoms with Gasteiger partial charge in [-0.05, 0) is 38.3 Å². The van der Waals surface area contributed by atoms with E-state index in [1.54, 1.807) is 7.05 Å². The van der Waals surface area contributed by atoms with Gasteiger partial charge < -0.3 is 10.6 Å². The molecule has 1 aliphatic rings. The van der Waals surface area contributed by atoms with Crippen molar-refractivity contribution in [3.05, 3.63) is 21.9 Å². The molecule has 132 valence electrons. The molecule has 0 aliphatic heterocycles. The molecule has 1 aromatic heterocycles. The van der Waals surface area contributed by atoms with E-state index in [0.29, 0.717) is 11.3 Å². The van der Waals surface area contributed by atoms with E-state index in [-0.39, 0.29) is 24.0 Å². The lowest BCUT2D eigenvalue weighted by Crippen LogP contribution is -2.46. The maximum atomic E-state index is 12.0. The van der Waals surface area contributed by atoms with Crippen molar-refractivity contribution >= 4 is 52.1 Å². The molecule has 23 heavy (non-hydrogen) atoms. The Kier molecular flexibility index (Phi) is 9.68. The van der Waals surface area contributed by atoms with Gasteiger partial charge in [0.15, 0.2) is 5.96 Å². The molecule has 1 heterocycles. The van der Waals surface area contributed by atoms with Gasteiger partial charge in [0.1, 0.15) is 0 Å². The summed E-state index contributed by atoms with van der Waals surface area (Å²) in [6.07, 6.45) is 4.36. The fraction of sp³-hybridized carbons (Fsp3) is 0.688. The molecule has 0 radical (unpaired) electrons. The molecule has 2 N–H and O–H groups in total. The van der Waals surface area contributed by atoms with Crippen molar-refractivity contribution in [1.82, 2.24) is 10.6 Å². The molecule has 0 bridgehead atoms. The van der Waals surface area contributed by atoms with Crippen LogP contribution in [0.2, 0.25) is 0 Å². The molecule has 1 fully saturated rings. The average molecular weight is 469 g/mol. The van der Waals surface area contributed by atoms with Crippen molar-refractivity contribution in [3.63, 3.8) is 0 Å². The molecule has 4 nitrogen and oxygen atoms in total. The highest BCUT2D eigenvalue weighted by Crippen LogP contribution is 2.23. The lowest BCUT2D eigenvalue weighted by molar-refractivity contribution is 0.413. The summed E-state index contributed by atoms with van der Waals surface area (Å²) in [4.78, 5) is 6.96. The monoisotopic (exact) mass is 469 g/mol. The molecule has 1 aliphatic carbocycles. The Labute approximate surface area is 163 Å². The third kappa shape index (κ3) is 6.70. The van der Waals surface area contributed by atoms with Crippen molar-refractivity contribution in [1.29, 1.82) is 0 Å². The number of nitrogens with one attached hydrogen (secondary N) is 2. The smallest absolute Gasteiger partial charge is 0.191 e. The zero-order valence-corrected chi connectivity index (χ0v) is 18.1. The standard InChI is InChI=1S/C16H27N3OS2.HI/c1-4-22(20)15-7-5-6-13(10-15)19-16(17-3)18-11-14-9-8-12(2)21-14;/h8-9,13,15H,4-7,10-11H2,1-3H3,(H2,17,18,19);1H. The molecule has 2 rings (SSSR count). The lowest BCUT2D eigenvalue weighted by Gasteiger charge is -2.30. The number of hydrogen-bond acceptors (Lipinski definition) is 3. The normalized spacial score (nSPS) is 23.0. The summed E-state index contributed by atoms with van der Waals surface area (Å²) < 4.78 is 12.0. The van der Waals surface area contributed by atoms with Gasteiger partial charge in [-0.3, -0.25) is 9.20 Å². The van der Waals surface area contributed by atoms with Crippen molar-refractivity contribution in [3.8, 4) is 0 Å². The minimum absolute atomic E-state index is 0. The topological polar surface area (TPSA) is 53.5 Å². The van der Waals surface area contributed by atoms with E-state index in [2.05, 4.69) is 34.7 Å². The van der Waals surface area contributed by atoms with Crippen molar-refractivity contribution in [2.24, 2.45) is 4.99 Å². The van der Waals surface area contributed by atoms with Crippen LogP contribution in [0.3, 0.4) is 0 Å². The fourth-order valence-corrected chi connectivity index (χ4v) is 5.07. The zero-order chi connectivity index (χ0) is 15.9. The van der Waals surface area contributed by atoms with Crippen LogP contribution in [0.1, 0.15) is 42.4 Å². The van der Waals surface area contributed by atoms with Crippen molar-refractivity contribution < 1.29 is 4.21 Å². The number of aliphatic imine (C=N–C) groups is 1. The summed E-state index contributed by atoms with van der Waals surface area (Å²) in [5, 5.41) is 7.22. The SMILES string of the molecule is CCS(=O)C1CCCC(NC(=NC)NCc2ccc(C)s2)C1.I. The number of nitrogens with zero attached hydrogens (tertiary/aromatic N) is 1. The maximum absolute atomic E-state index is 12.0. The molecular formula is C16H28IN3OS2. The Morgan fingerprint density at radius 1 is 1.43 bits per heavy atom. The van der Waals surface area contributed by atoms with Crippen LogP contribution >= 0.6 is 35.3 Å². The number of rotatable bonds is 5. The minimum Gasteiger partial charge on any atom is -0.354 e. The van der Waals surface area contributed by atoms with Crippen LogP contribution in [0.5, 0.6) is 0 Å². The number of halogens is 1. The second-order valence-electron chi connectivity index (χ2n) is 5.74. The van der Waals surface area contributed by atoms with Gasteiger partial charge in [0.05, 0.1) is 6.54 Å². The van der Waals surface area contributed by atoms with E-state index in [1.807, 2.05) is 18.3 Å². The molecule has 1 aromatic rings. The van der Waals surface area contributed by atoms with E-state index >= 15 is 0 Å². The van der Waals surface area contributed by atoms with Gasteiger partial charge in [-0.15, -0.1) is 35.3 Å².